The summed E-state index contributed by atoms with van der Waals surface area (Å²) in [5.74, 6) is -0.345. The molecule has 98 valence electrons. The van der Waals surface area contributed by atoms with Crippen LogP contribution in [0.15, 0.2) is 30.5 Å². The van der Waals surface area contributed by atoms with Crippen LogP contribution in [-0.2, 0) is 0 Å². The quantitative estimate of drug-likeness (QED) is 0.635. The number of nitrogens with zero attached hydrogens (tertiary/aromatic N) is 2. The monoisotopic (exact) mass is 258 g/mol. The van der Waals surface area contributed by atoms with Gasteiger partial charge in [0.05, 0.1) is 5.69 Å². The second kappa shape index (κ2) is 4.93. The largest absolute Gasteiger partial charge is 0.398 e. The summed E-state index contributed by atoms with van der Waals surface area (Å²) in [6.45, 7) is 1.46. The Hall–Kier alpha value is -2.63. The molecule has 1 aromatic carbocycles. The van der Waals surface area contributed by atoms with E-state index in [1.54, 1.807) is 37.5 Å². The van der Waals surface area contributed by atoms with Gasteiger partial charge in [-0.2, -0.15) is 5.10 Å². The zero-order valence-electron chi connectivity index (χ0n) is 10.7. The molecule has 2 aromatic rings. The van der Waals surface area contributed by atoms with Crippen molar-refractivity contribution in [2.45, 2.75) is 6.92 Å². The molecule has 2 rings (SSSR count). The van der Waals surface area contributed by atoms with E-state index in [0.29, 0.717) is 22.6 Å². The van der Waals surface area contributed by atoms with Crippen LogP contribution in [0.25, 0.3) is 5.69 Å². The average Bonchev–Trinajstić information content (AvgIpc) is 2.86. The number of aromatic nitrogens is 2. The number of nitrogen functional groups attached to an aromatic ring is 1. The van der Waals surface area contributed by atoms with Crippen LogP contribution in [0.3, 0.4) is 0 Å². The summed E-state index contributed by atoms with van der Waals surface area (Å²) in [6.07, 6.45) is 1.66. The Kier molecular flexibility index (Phi) is 3.33. The van der Waals surface area contributed by atoms with Crippen molar-refractivity contribution in [1.82, 2.24) is 15.1 Å². The molecule has 0 fully saturated rings. The molecule has 3 N–H and O–H groups in total. The number of hydrogen-bond acceptors (Lipinski definition) is 4. The Labute approximate surface area is 110 Å². The third-order valence-electron chi connectivity index (χ3n) is 2.73. The molecular weight excluding hydrogens is 244 g/mol. The second-order valence-electron chi connectivity index (χ2n) is 4.05. The van der Waals surface area contributed by atoms with E-state index in [9.17, 15) is 9.59 Å². The molecule has 6 heteroatoms. The Balaban J connectivity index is 2.37. The molecule has 0 saturated carbocycles. The number of rotatable bonds is 3. The van der Waals surface area contributed by atoms with Gasteiger partial charge in [0.1, 0.15) is 0 Å². The highest BCUT2D eigenvalue weighted by Gasteiger charge is 2.10. The maximum absolute atomic E-state index is 11.4. The van der Waals surface area contributed by atoms with Gasteiger partial charge in [-0.3, -0.25) is 9.59 Å². The predicted molar refractivity (Wildman–Crippen MR) is 71.4 cm³/mol. The van der Waals surface area contributed by atoms with Crippen LogP contribution in [0.4, 0.5) is 5.69 Å². The van der Waals surface area contributed by atoms with E-state index < -0.39 is 0 Å². The Morgan fingerprint density at radius 3 is 2.63 bits per heavy atom. The summed E-state index contributed by atoms with van der Waals surface area (Å²) in [5.41, 5.74) is 7.69. The van der Waals surface area contributed by atoms with Crippen molar-refractivity contribution < 1.29 is 9.59 Å². The number of ketones is 1. The van der Waals surface area contributed by atoms with E-state index in [1.807, 2.05) is 0 Å². The highest BCUT2D eigenvalue weighted by molar-refractivity contribution is 5.99. The van der Waals surface area contributed by atoms with Gasteiger partial charge in [-0.1, -0.05) is 0 Å². The van der Waals surface area contributed by atoms with Gasteiger partial charge in [0.2, 0.25) is 0 Å². The summed E-state index contributed by atoms with van der Waals surface area (Å²) in [4.78, 5) is 22.7. The van der Waals surface area contributed by atoms with Crippen LogP contribution in [0.5, 0.6) is 0 Å². The maximum Gasteiger partial charge on any atom is 0.271 e. The SMILES string of the molecule is CNC(=O)c1ccn(-c2ccc(C(C)=O)c(N)c2)n1. The first-order valence-corrected chi connectivity index (χ1v) is 5.71. The fourth-order valence-electron chi connectivity index (χ4n) is 1.73. The number of nitrogens with two attached hydrogens (primary N) is 1. The zero-order chi connectivity index (χ0) is 14.0. The smallest absolute Gasteiger partial charge is 0.271 e. The van der Waals surface area contributed by atoms with E-state index in [1.165, 1.54) is 11.6 Å². The minimum Gasteiger partial charge on any atom is -0.398 e. The van der Waals surface area contributed by atoms with Crippen molar-refractivity contribution in [3.8, 4) is 5.69 Å². The van der Waals surface area contributed by atoms with Crippen LogP contribution in [0, 0.1) is 0 Å². The maximum atomic E-state index is 11.4. The summed E-state index contributed by atoms with van der Waals surface area (Å²) in [6, 6.07) is 6.63. The normalized spacial score (nSPS) is 10.2. The molecule has 0 aliphatic heterocycles. The van der Waals surface area contributed by atoms with Gasteiger partial charge in [0.25, 0.3) is 5.91 Å². The summed E-state index contributed by atoms with van der Waals surface area (Å²) < 4.78 is 1.53. The van der Waals surface area contributed by atoms with Gasteiger partial charge in [0.15, 0.2) is 11.5 Å². The average molecular weight is 258 g/mol. The fourth-order valence-corrected chi connectivity index (χ4v) is 1.73. The number of carbonyl (C=O) groups excluding carboxylic acids is 2. The molecule has 0 aliphatic rings. The molecule has 1 amide bonds. The number of anilines is 1. The lowest BCUT2D eigenvalue weighted by Gasteiger charge is -2.06. The topological polar surface area (TPSA) is 90.0 Å². The molecule has 0 saturated heterocycles. The van der Waals surface area contributed by atoms with E-state index in [4.69, 9.17) is 5.73 Å². The third kappa shape index (κ3) is 2.47. The number of nitrogens with one attached hydrogen (secondary N) is 1. The van der Waals surface area contributed by atoms with Crippen molar-refractivity contribution in [2.75, 3.05) is 12.8 Å². The highest BCUT2D eigenvalue weighted by atomic mass is 16.1. The molecule has 0 spiro atoms. The summed E-state index contributed by atoms with van der Waals surface area (Å²) in [7, 11) is 1.54. The highest BCUT2D eigenvalue weighted by Crippen LogP contribution is 2.17. The van der Waals surface area contributed by atoms with Gasteiger partial charge < -0.3 is 11.1 Å². The number of amides is 1. The lowest BCUT2D eigenvalue weighted by Crippen LogP contribution is -2.18. The Morgan fingerprint density at radius 2 is 2.05 bits per heavy atom. The van der Waals surface area contributed by atoms with Crippen LogP contribution in [-0.4, -0.2) is 28.5 Å². The minimum absolute atomic E-state index is 0.0874. The van der Waals surface area contributed by atoms with Crippen molar-refractivity contribution >= 4 is 17.4 Å². The van der Waals surface area contributed by atoms with Crippen LogP contribution < -0.4 is 11.1 Å². The fraction of sp³-hybridized carbons (Fsp3) is 0.154. The first-order chi connectivity index (χ1) is 9.02. The lowest BCUT2D eigenvalue weighted by molar-refractivity contribution is 0.0956. The molecule has 0 unspecified atom stereocenters. The second-order valence-corrected chi connectivity index (χ2v) is 4.05. The third-order valence-corrected chi connectivity index (χ3v) is 2.73. The van der Waals surface area contributed by atoms with E-state index in [2.05, 4.69) is 10.4 Å². The number of hydrogen-bond donors (Lipinski definition) is 2. The van der Waals surface area contributed by atoms with Gasteiger partial charge in [0, 0.05) is 24.5 Å². The molecular formula is C13H14N4O2. The van der Waals surface area contributed by atoms with Crippen molar-refractivity contribution in [2.24, 2.45) is 0 Å². The Morgan fingerprint density at radius 1 is 1.32 bits per heavy atom. The minimum atomic E-state index is -0.257. The van der Waals surface area contributed by atoms with Gasteiger partial charge >= 0.3 is 0 Å². The van der Waals surface area contributed by atoms with E-state index >= 15 is 0 Å². The number of benzene rings is 1. The predicted octanol–water partition coefficient (Wildman–Crippen LogP) is 1.02. The molecule has 0 bridgehead atoms. The van der Waals surface area contributed by atoms with Crippen molar-refractivity contribution in [3.63, 3.8) is 0 Å². The number of carbonyl (C=O) groups is 2. The van der Waals surface area contributed by atoms with Crippen molar-refractivity contribution in [1.29, 1.82) is 0 Å². The van der Waals surface area contributed by atoms with Crippen LogP contribution >= 0.6 is 0 Å². The molecule has 1 aromatic heterocycles. The Bertz CT molecular complexity index is 646. The lowest BCUT2D eigenvalue weighted by atomic mass is 10.1. The molecule has 0 radical (unpaired) electrons. The first kappa shape index (κ1) is 12.8. The molecule has 0 atom stereocenters. The molecule has 0 aliphatic carbocycles. The van der Waals surface area contributed by atoms with Crippen molar-refractivity contribution in [3.05, 3.63) is 41.7 Å². The van der Waals surface area contributed by atoms with Gasteiger partial charge in [-0.25, -0.2) is 4.68 Å². The first-order valence-electron chi connectivity index (χ1n) is 5.71. The van der Waals surface area contributed by atoms with Gasteiger partial charge in [-0.15, -0.1) is 0 Å². The van der Waals surface area contributed by atoms with Crippen LogP contribution in [0.2, 0.25) is 0 Å². The van der Waals surface area contributed by atoms with E-state index in [-0.39, 0.29) is 11.7 Å². The number of Topliss-reactive ketones (excluding diaryl/α,β-unsaturated/α-hetero) is 1. The molecule has 1 heterocycles. The van der Waals surface area contributed by atoms with Crippen LogP contribution in [0.1, 0.15) is 27.8 Å². The molecule has 6 nitrogen and oxygen atoms in total. The summed E-state index contributed by atoms with van der Waals surface area (Å²) in [5, 5.41) is 6.63. The zero-order valence-corrected chi connectivity index (χ0v) is 10.7. The standard InChI is InChI=1S/C13H14N4O2/c1-8(18)10-4-3-9(7-11(10)14)17-6-5-12(16-17)13(19)15-2/h3-7H,14H2,1-2H3,(H,15,19). The van der Waals surface area contributed by atoms with Gasteiger partial charge in [-0.05, 0) is 31.2 Å². The molecule has 19 heavy (non-hydrogen) atoms. The van der Waals surface area contributed by atoms with E-state index in [0.717, 1.165) is 0 Å². The summed E-state index contributed by atoms with van der Waals surface area (Å²) >= 11 is 0.